The number of nitrogens with one attached hydrogen (secondary N) is 1. The first-order valence-corrected chi connectivity index (χ1v) is 7.01. The zero-order valence-corrected chi connectivity index (χ0v) is 11.5. The Balaban J connectivity index is 1.78. The van der Waals surface area contributed by atoms with E-state index in [1.54, 1.807) is 24.5 Å². The van der Waals surface area contributed by atoms with Crippen LogP contribution in [0.2, 0.25) is 0 Å². The maximum Gasteiger partial charge on any atom is 0.253 e. The van der Waals surface area contributed by atoms with Crippen LogP contribution in [0.1, 0.15) is 40.4 Å². The van der Waals surface area contributed by atoms with Gasteiger partial charge in [-0.15, -0.1) is 0 Å². The van der Waals surface area contributed by atoms with Crippen LogP contribution in [-0.2, 0) is 0 Å². The normalized spacial score (nSPS) is 15.7. The van der Waals surface area contributed by atoms with Crippen molar-refractivity contribution in [2.24, 2.45) is 5.92 Å². The van der Waals surface area contributed by atoms with Crippen LogP contribution < -0.4 is 5.32 Å². The van der Waals surface area contributed by atoms with Crippen LogP contribution in [0.25, 0.3) is 0 Å². The van der Waals surface area contributed by atoms with Crippen LogP contribution in [0.15, 0.2) is 48.8 Å². The van der Waals surface area contributed by atoms with Crippen molar-refractivity contribution < 1.29 is 4.79 Å². The van der Waals surface area contributed by atoms with E-state index in [0.29, 0.717) is 11.5 Å². The van der Waals surface area contributed by atoms with Gasteiger partial charge in [0.25, 0.3) is 5.91 Å². The highest BCUT2D eigenvalue weighted by atomic mass is 16.1. The van der Waals surface area contributed by atoms with E-state index in [-0.39, 0.29) is 11.9 Å². The minimum atomic E-state index is -0.0458. The topological polar surface area (TPSA) is 42.0 Å². The predicted molar refractivity (Wildman–Crippen MR) is 78.3 cm³/mol. The molecule has 0 radical (unpaired) electrons. The lowest BCUT2D eigenvalue weighted by atomic mass is 10.0. The fourth-order valence-corrected chi connectivity index (χ4v) is 2.40. The first-order chi connectivity index (χ1) is 9.74. The van der Waals surface area contributed by atoms with E-state index in [2.05, 4.69) is 41.5 Å². The maximum absolute atomic E-state index is 12.3. The molecule has 1 saturated carbocycles. The van der Waals surface area contributed by atoms with Gasteiger partial charge in [0.15, 0.2) is 0 Å². The van der Waals surface area contributed by atoms with Crippen LogP contribution >= 0.6 is 0 Å². The third-order valence-corrected chi connectivity index (χ3v) is 3.74. The second-order valence-corrected chi connectivity index (χ2v) is 5.44. The Morgan fingerprint density at radius 1 is 1.25 bits per heavy atom. The first-order valence-electron chi connectivity index (χ1n) is 7.01. The molecule has 1 aliphatic rings. The number of pyridine rings is 1. The number of amides is 1. The summed E-state index contributed by atoms with van der Waals surface area (Å²) in [4.78, 5) is 16.3. The molecule has 1 fully saturated rings. The second-order valence-electron chi connectivity index (χ2n) is 5.44. The number of carbonyl (C=O) groups excluding carboxylic acids is 1. The summed E-state index contributed by atoms with van der Waals surface area (Å²) in [6.07, 6.45) is 5.65. The van der Waals surface area contributed by atoms with Crippen molar-refractivity contribution >= 4 is 5.91 Å². The van der Waals surface area contributed by atoms with Crippen molar-refractivity contribution in [1.29, 1.82) is 0 Å². The summed E-state index contributed by atoms with van der Waals surface area (Å²) in [5.41, 5.74) is 3.04. The van der Waals surface area contributed by atoms with E-state index < -0.39 is 0 Å². The summed E-state index contributed by atoms with van der Waals surface area (Å²) in [7, 11) is 0. The molecule has 20 heavy (non-hydrogen) atoms. The molecule has 1 aromatic carbocycles. The highest BCUT2D eigenvalue weighted by molar-refractivity contribution is 5.94. The van der Waals surface area contributed by atoms with Gasteiger partial charge >= 0.3 is 0 Å². The smallest absolute Gasteiger partial charge is 0.253 e. The summed E-state index contributed by atoms with van der Waals surface area (Å²) in [6, 6.07) is 12.1. The molecule has 2 aromatic rings. The van der Waals surface area contributed by atoms with E-state index >= 15 is 0 Å². The Kier molecular flexibility index (Phi) is 3.50. The quantitative estimate of drug-likeness (QED) is 0.922. The van der Waals surface area contributed by atoms with E-state index in [1.807, 2.05) is 0 Å². The first kappa shape index (κ1) is 12.9. The molecule has 1 N–H and O–H groups in total. The average Bonchev–Trinajstić information content (AvgIpc) is 3.31. The third-order valence-electron chi connectivity index (χ3n) is 3.74. The number of hydrogen-bond donors (Lipinski definition) is 1. The number of aromatic nitrogens is 1. The Morgan fingerprint density at radius 3 is 2.60 bits per heavy atom. The molecule has 3 rings (SSSR count). The van der Waals surface area contributed by atoms with Gasteiger partial charge in [0.05, 0.1) is 11.6 Å². The molecule has 1 aromatic heterocycles. The number of aryl methyl sites for hydroxylation is 1. The van der Waals surface area contributed by atoms with Crippen molar-refractivity contribution in [3.63, 3.8) is 0 Å². The van der Waals surface area contributed by atoms with Gasteiger partial charge in [-0.25, -0.2) is 0 Å². The fourth-order valence-electron chi connectivity index (χ4n) is 2.40. The number of nitrogens with zero attached hydrogens (tertiary/aromatic N) is 1. The molecule has 0 spiro atoms. The molecule has 0 saturated heterocycles. The molecule has 1 unspecified atom stereocenters. The average molecular weight is 266 g/mol. The summed E-state index contributed by atoms with van der Waals surface area (Å²) >= 11 is 0. The standard InChI is InChI=1S/C17H18N2O/c1-12-4-6-13(7-5-12)16(14-8-9-14)19-17(20)15-3-2-10-18-11-15/h2-7,10-11,14,16H,8-9H2,1H3,(H,19,20). The van der Waals surface area contributed by atoms with E-state index in [4.69, 9.17) is 0 Å². The van der Waals surface area contributed by atoms with Crippen LogP contribution in [-0.4, -0.2) is 10.9 Å². The third kappa shape index (κ3) is 2.87. The van der Waals surface area contributed by atoms with E-state index in [9.17, 15) is 4.79 Å². The van der Waals surface area contributed by atoms with Crippen LogP contribution in [0, 0.1) is 12.8 Å². The summed E-state index contributed by atoms with van der Waals surface area (Å²) in [5.74, 6) is 0.522. The molecule has 102 valence electrons. The summed E-state index contributed by atoms with van der Waals surface area (Å²) in [5, 5.41) is 3.15. The van der Waals surface area contributed by atoms with Crippen molar-refractivity contribution in [2.45, 2.75) is 25.8 Å². The Hall–Kier alpha value is -2.16. The zero-order chi connectivity index (χ0) is 13.9. The summed E-state index contributed by atoms with van der Waals surface area (Å²) in [6.45, 7) is 2.07. The number of carbonyl (C=O) groups is 1. The molecule has 1 amide bonds. The highest BCUT2D eigenvalue weighted by Gasteiger charge is 2.33. The minimum Gasteiger partial charge on any atom is -0.345 e. The van der Waals surface area contributed by atoms with Gasteiger partial charge in [-0.3, -0.25) is 9.78 Å². The maximum atomic E-state index is 12.3. The van der Waals surface area contributed by atoms with Crippen LogP contribution in [0.3, 0.4) is 0 Å². The molecule has 1 atom stereocenters. The number of hydrogen-bond acceptors (Lipinski definition) is 2. The van der Waals surface area contributed by atoms with Gasteiger partial charge in [-0.1, -0.05) is 29.8 Å². The monoisotopic (exact) mass is 266 g/mol. The Labute approximate surface area is 119 Å². The lowest BCUT2D eigenvalue weighted by molar-refractivity contribution is 0.0931. The van der Waals surface area contributed by atoms with Crippen molar-refractivity contribution in [3.05, 3.63) is 65.5 Å². The van der Waals surface area contributed by atoms with Crippen molar-refractivity contribution in [2.75, 3.05) is 0 Å². The van der Waals surface area contributed by atoms with Gasteiger partial charge in [-0.2, -0.15) is 0 Å². The number of benzene rings is 1. The predicted octanol–water partition coefficient (Wildman–Crippen LogP) is 3.27. The van der Waals surface area contributed by atoms with Gasteiger partial charge in [0, 0.05) is 12.4 Å². The molecule has 1 aliphatic carbocycles. The molecule has 3 heteroatoms. The van der Waals surface area contributed by atoms with E-state index in [1.165, 1.54) is 24.0 Å². The molecule has 0 aliphatic heterocycles. The largest absolute Gasteiger partial charge is 0.345 e. The lowest BCUT2D eigenvalue weighted by Gasteiger charge is -2.19. The zero-order valence-electron chi connectivity index (χ0n) is 11.5. The van der Waals surface area contributed by atoms with Gasteiger partial charge in [0.2, 0.25) is 0 Å². The molecular weight excluding hydrogens is 248 g/mol. The van der Waals surface area contributed by atoms with Gasteiger partial charge in [0.1, 0.15) is 0 Å². The highest BCUT2D eigenvalue weighted by Crippen LogP contribution is 2.41. The minimum absolute atomic E-state index is 0.0458. The summed E-state index contributed by atoms with van der Waals surface area (Å²) < 4.78 is 0. The van der Waals surface area contributed by atoms with Gasteiger partial charge in [-0.05, 0) is 43.4 Å². The van der Waals surface area contributed by atoms with Crippen LogP contribution in [0.4, 0.5) is 0 Å². The number of rotatable bonds is 4. The Bertz CT molecular complexity index is 588. The van der Waals surface area contributed by atoms with Crippen molar-refractivity contribution in [1.82, 2.24) is 10.3 Å². The lowest BCUT2D eigenvalue weighted by Crippen LogP contribution is -2.29. The molecule has 0 bridgehead atoms. The van der Waals surface area contributed by atoms with Crippen LogP contribution in [0.5, 0.6) is 0 Å². The molecule has 1 heterocycles. The van der Waals surface area contributed by atoms with Gasteiger partial charge < -0.3 is 5.32 Å². The molecule has 3 nitrogen and oxygen atoms in total. The fraction of sp³-hybridized carbons (Fsp3) is 0.294. The second kappa shape index (κ2) is 5.45. The van der Waals surface area contributed by atoms with Crippen molar-refractivity contribution in [3.8, 4) is 0 Å². The Morgan fingerprint density at radius 2 is 2.00 bits per heavy atom. The molecular formula is C17H18N2O. The SMILES string of the molecule is Cc1ccc(C(NC(=O)c2cccnc2)C2CC2)cc1. The van der Waals surface area contributed by atoms with E-state index in [0.717, 1.165) is 0 Å².